The van der Waals surface area contributed by atoms with Gasteiger partial charge in [-0.25, -0.2) is 0 Å². The lowest BCUT2D eigenvalue weighted by Gasteiger charge is -2.00. The van der Waals surface area contributed by atoms with Crippen molar-refractivity contribution in [1.29, 1.82) is 0 Å². The lowest BCUT2D eigenvalue weighted by atomic mass is 10.1. The van der Waals surface area contributed by atoms with Crippen LogP contribution in [0, 0.1) is 6.92 Å². The third-order valence-corrected chi connectivity index (χ3v) is 2.89. The van der Waals surface area contributed by atoms with Gasteiger partial charge in [-0.3, -0.25) is 5.10 Å². The first-order valence-electron chi connectivity index (χ1n) is 5.49. The van der Waals surface area contributed by atoms with Gasteiger partial charge in [-0.2, -0.15) is 5.10 Å². The van der Waals surface area contributed by atoms with Crippen LogP contribution in [0.3, 0.4) is 0 Å². The maximum Gasteiger partial charge on any atom is 0.127 e. The van der Waals surface area contributed by atoms with Crippen LogP contribution in [0.5, 0.6) is 5.75 Å². The molecule has 0 atom stereocenters. The van der Waals surface area contributed by atoms with E-state index in [0.717, 1.165) is 22.2 Å². The Morgan fingerprint density at radius 1 is 1.06 bits per heavy atom. The molecule has 17 heavy (non-hydrogen) atoms. The molecule has 0 unspecified atom stereocenters. The number of aryl methyl sites for hydroxylation is 1. The van der Waals surface area contributed by atoms with E-state index in [2.05, 4.69) is 10.2 Å². The fraction of sp³-hybridized carbons (Fsp3) is 0.0714. The molecule has 0 bridgehead atoms. The lowest BCUT2D eigenvalue weighted by Crippen LogP contribution is -1.80. The van der Waals surface area contributed by atoms with E-state index in [-0.39, 0.29) is 5.75 Å². The first-order chi connectivity index (χ1) is 8.25. The Bertz CT molecular complexity index is 668. The van der Waals surface area contributed by atoms with E-state index in [0.29, 0.717) is 0 Å². The lowest BCUT2D eigenvalue weighted by molar-refractivity contribution is 0.482. The molecule has 0 aliphatic heterocycles. The molecule has 3 heteroatoms. The predicted octanol–water partition coefficient (Wildman–Crippen LogP) is 3.24. The average Bonchev–Trinajstić information content (AvgIpc) is 2.75. The molecule has 2 N–H and O–H groups in total. The smallest absolute Gasteiger partial charge is 0.127 e. The number of phenolic OH excluding ortho intramolecular Hbond substituents is 1. The van der Waals surface area contributed by atoms with Gasteiger partial charge in [-0.15, -0.1) is 0 Å². The van der Waals surface area contributed by atoms with Crippen LogP contribution < -0.4 is 0 Å². The number of phenols is 1. The molecule has 1 aromatic heterocycles. The molecule has 0 fully saturated rings. The molecule has 0 amide bonds. The van der Waals surface area contributed by atoms with Gasteiger partial charge in [0.2, 0.25) is 0 Å². The number of hydrogen-bond donors (Lipinski definition) is 2. The quantitative estimate of drug-likeness (QED) is 0.666. The molecule has 0 aliphatic carbocycles. The van der Waals surface area contributed by atoms with Crippen LogP contribution in [-0.4, -0.2) is 15.3 Å². The summed E-state index contributed by atoms with van der Waals surface area (Å²) in [6.45, 7) is 2.05. The van der Waals surface area contributed by atoms with Crippen molar-refractivity contribution in [2.45, 2.75) is 6.92 Å². The van der Waals surface area contributed by atoms with Gasteiger partial charge in [0.25, 0.3) is 0 Å². The van der Waals surface area contributed by atoms with Gasteiger partial charge in [0.15, 0.2) is 0 Å². The minimum atomic E-state index is 0.256. The van der Waals surface area contributed by atoms with Crippen LogP contribution >= 0.6 is 0 Å². The highest BCUT2D eigenvalue weighted by Gasteiger charge is 2.10. The molecule has 3 nitrogen and oxygen atoms in total. The zero-order valence-electron chi connectivity index (χ0n) is 9.44. The van der Waals surface area contributed by atoms with Crippen molar-refractivity contribution in [2.24, 2.45) is 0 Å². The number of aromatic nitrogens is 2. The highest BCUT2D eigenvalue weighted by Crippen LogP contribution is 2.32. The minimum absolute atomic E-state index is 0.256. The Morgan fingerprint density at radius 2 is 1.82 bits per heavy atom. The van der Waals surface area contributed by atoms with E-state index in [1.165, 1.54) is 5.56 Å². The maximum atomic E-state index is 9.90. The number of fused-ring (bicyclic) bond motifs is 1. The van der Waals surface area contributed by atoms with Crippen molar-refractivity contribution in [3.05, 3.63) is 48.0 Å². The number of hydrogen-bond acceptors (Lipinski definition) is 2. The van der Waals surface area contributed by atoms with Gasteiger partial charge in [-0.1, -0.05) is 35.9 Å². The normalized spacial score (nSPS) is 10.9. The number of nitrogens with one attached hydrogen (secondary N) is 1. The van der Waals surface area contributed by atoms with Crippen molar-refractivity contribution in [3.63, 3.8) is 0 Å². The summed E-state index contributed by atoms with van der Waals surface area (Å²) in [5.74, 6) is 0.256. The van der Waals surface area contributed by atoms with Gasteiger partial charge < -0.3 is 5.11 Å². The van der Waals surface area contributed by atoms with Crippen molar-refractivity contribution in [2.75, 3.05) is 0 Å². The monoisotopic (exact) mass is 224 g/mol. The summed E-state index contributed by atoms with van der Waals surface area (Å²) in [6.07, 6.45) is 0. The second kappa shape index (κ2) is 3.63. The summed E-state index contributed by atoms with van der Waals surface area (Å²) in [4.78, 5) is 0. The summed E-state index contributed by atoms with van der Waals surface area (Å²) in [6, 6.07) is 13.5. The molecule has 0 saturated carbocycles. The second-order valence-corrected chi connectivity index (χ2v) is 4.14. The first kappa shape index (κ1) is 9.90. The van der Waals surface area contributed by atoms with E-state index < -0.39 is 0 Å². The largest absolute Gasteiger partial charge is 0.507 e. The topological polar surface area (TPSA) is 48.9 Å². The van der Waals surface area contributed by atoms with Gasteiger partial charge in [-0.05, 0) is 19.1 Å². The molecule has 0 saturated heterocycles. The molecular weight excluding hydrogens is 212 g/mol. The highest BCUT2D eigenvalue weighted by atomic mass is 16.3. The molecule has 3 aromatic rings. The predicted molar refractivity (Wildman–Crippen MR) is 67.9 cm³/mol. The second-order valence-electron chi connectivity index (χ2n) is 4.14. The third kappa shape index (κ3) is 1.56. The molecule has 2 aromatic carbocycles. The SMILES string of the molecule is Cc1ccc(-c2n[nH]c3cccc(O)c23)cc1. The summed E-state index contributed by atoms with van der Waals surface area (Å²) in [5.41, 5.74) is 3.85. The Labute approximate surface area is 98.7 Å². The van der Waals surface area contributed by atoms with E-state index in [4.69, 9.17) is 0 Å². The van der Waals surface area contributed by atoms with Gasteiger partial charge in [0, 0.05) is 5.56 Å². The van der Waals surface area contributed by atoms with Gasteiger partial charge in [0.05, 0.1) is 10.9 Å². The van der Waals surface area contributed by atoms with Crippen LogP contribution in [-0.2, 0) is 0 Å². The van der Waals surface area contributed by atoms with Gasteiger partial charge >= 0.3 is 0 Å². The van der Waals surface area contributed by atoms with Crippen molar-refractivity contribution < 1.29 is 5.11 Å². The summed E-state index contributed by atoms with van der Waals surface area (Å²) in [5, 5.41) is 17.9. The van der Waals surface area contributed by atoms with Crippen LogP contribution in [0.2, 0.25) is 0 Å². The average molecular weight is 224 g/mol. The standard InChI is InChI=1S/C14H12N2O/c1-9-5-7-10(8-6-9)14-13-11(15-16-14)3-2-4-12(13)17/h2-8,17H,1H3,(H,15,16). The Balaban J connectivity index is 2.27. The molecular formula is C14H12N2O. The summed E-state index contributed by atoms with van der Waals surface area (Å²) in [7, 11) is 0. The summed E-state index contributed by atoms with van der Waals surface area (Å²) >= 11 is 0. The maximum absolute atomic E-state index is 9.90. The van der Waals surface area contributed by atoms with E-state index in [1.54, 1.807) is 12.1 Å². The van der Waals surface area contributed by atoms with E-state index in [1.807, 2.05) is 37.3 Å². The summed E-state index contributed by atoms with van der Waals surface area (Å²) < 4.78 is 0. The molecule has 0 spiro atoms. The number of H-pyrrole nitrogens is 1. The van der Waals surface area contributed by atoms with E-state index >= 15 is 0 Å². The van der Waals surface area contributed by atoms with Crippen LogP contribution in [0.4, 0.5) is 0 Å². The Kier molecular flexibility index (Phi) is 2.11. The Morgan fingerprint density at radius 3 is 2.59 bits per heavy atom. The van der Waals surface area contributed by atoms with Gasteiger partial charge in [0.1, 0.15) is 11.4 Å². The fourth-order valence-corrected chi connectivity index (χ4v) is 1.97. The third-order valence-electron chi connectivity index (χ3n) is 2.89. The fourth-order valence-electron chi connectivity index (χ4n) is 1.97. The molecule has 0 radical (unpaired) electrons. The molecule has 1 heterocycles. The van der Waals surface area contributed by atoms with Crippen LogP contribution in [0.25, 0.3) is 22.2 Å². The Hall–Kier alpha value is -2.29. The van der Waals surface area contributed by atoms with Crippen molar-refractivity contribution >= 4 is 10.9 Å². The van der Waals surface area contributed by atoms with E-state index in [9.17, 15) is 5.11 Å². The highest BCUT2D eigenvalue weighted by molar-refractivity contribution is 5.97. The number of nitrogens with zero attached hydrogens (tertiary/aromatic N) is 1. The van der Waals surface area contributed by atoms with Crippen molar-refractivity contribution in [3.8, 4) is 17.0 Å². The number of aromatic amines is 1. The minimum Gasteiger partial charge on any atom is -0.507 e. The molecule has 3 rings (SSSR count). The molecule has 84 valence electrons. The van der Waals surface area contributed by atoms with Crippen LogP contribution in [0.15, 0.2) is 42.5 Å². The zero-order chi connectivity index (χ0) is 11.8. The number of aromatic hydroxyl groups is 1. The molecule has 0 aliphatic rings. The number of benzene rings is 2. The van der Waals surface area contributed by atoms with Crippen molar-refractivity contribution in [1.82, 2.24) is 10.2 Å². The zero-order valence-corrected chi connectivity index (χ0v) is 9.44. The number of rotatable bonds is 1. The van der Waals surface area contributed by atoms with Crippen LogP contribution in [0.1, 0.15) is 5.56 Å². The first-order valence-corrected chi connectivity index (χ1v) is 5.49.